The Morgan fingerprint density at radius 3 is 2.85 bits per heavy atom. The van der Waals surface area contributed by atoms with Crippen LogP contribution in [-0.2, 0) is 6.54 Å². The van der Waals surface area contributed by atoms with E-state index in [4.69, 9.17) is 0 Å². The van der Waals surface area contributed by atoms with Crippen LogP contribution < -0.4 is 5.32 Å². The van der Waals surface area contributed by atoms with E-state index in [-0.39, 0.29) is 0 Å². The summed E-state index contributed by atoms with van der Waals surface area (Å²) >= 11 is 0. The van der Waals surface area contributed by atoms with Crippen LogP contribution >= 0.6 is 0 Å². The van der Waals surface area contributed by atoms with Crippen LogP contribution in [0.1, 0.15) is 40.0 Å². The first-order valence-electron chi connectivity index (χ1n) is 8.17. The zero-order valence-electron chi connectivity index (χ0n) is 13.3. The summed E-state index contributed by atoms with van der Waals surface area (Å²) in [5, 5.41) is 3.71. The molecule has 0 radical (unpaired) electrons. The number of rotatable bonds is 7. The summed E-state index contributed by atoms with van der Waals surface area (Å²) in [4.78, 5) is 6.83. The van der Waals surface area contributed by atoms with Crippen molar-refractivity contribution in [3.05, 3.63) is 18.7 Å². The Hall–Kier alpha value is -0.870. The van der Waals surface area contributed by atoms with E-state index in [0.717, 1.165) is 19.0 Å². The molecule has 1 saturated heterocycles. The second-order valence-corrected chi connectivity index (χ2v) is 6.12. The summed E-state index contributed by atoms with van der Waals surface area (Å²) in [6, 6.07) is 1.37. The van der Waals surface area contributed by atoms with Gasteiger partial charge in [0.1, 0.15) is 0 Å². The maximum Gasteiger partial charge on any atom is 0.0945 e. The Morgan fingerprint density at radius 1 is 1.35 bits per heavy atom. The topological polar surface area (TPSA) is 33.1 Å². The third-order valence-corrected chi connectivity index (χ3v) is 4.75. The predicted octanol–water partition coefficient (Wildman–Crippen LogP) is 2.37. The first-order chi connectivity index (χ1) is 9.74. The van der Waals surface area contributed by atoms with Crippen LogP contribution in [0.15, 0.2) is 18.7 Å². The van der Waals surface area contributed by atoms with Gasteiger partial charge in [-0.15, -0.1) is 0 Å². The van der Waals surface area contributed by atoms with E-state index in [1.165, 1.54) is 32.4 Å². The Bertz CT molecular complexity index is 363. The van der Waals surface area contributed by atoms with E-state index in [0.29, 0.717) is 12.1 Å². The van der Waals surface area contributed by atoms with E-state index in [2.05, 4.69) is 46.7 Å². The summed E-state index contributed by atoms with van der Waals surface area (Å²) in [7, 11) is 0. The minimum absolute atomic E-state index is 0.670. The van der Waals surface area contributed by atoms with Crippen molar-refractivity contribution in [2.45, 2.75) is 58.7 Å². The average Bonchev–Trinajstić information content (AvgIpc) is 2.99. The molecule has 1 aliphatic heterocycles. The molecular weight excluding hydrogens is 248 g/mol. The van der Waals surface area contributed by atoms with Crippen LogP contribution in [0.5, 0.6) is 0 Å². The normalized spacial score (nSPS) is 25.8. The van der Waals surface area contributed by atoms with Gasteiger partial charge in [0.25, 0.3) is 0 Å². The molecule has 4 heteroatoms. The van der Waals surface area contributed by atoms with Crippen molar-refractivity contribution < 1.29 is 0 Å². The van der Waals surface area contributed by atoms with Crippen LogP contribution in [0, 0.1) is 5.92 Å². The van der Waals surface area contributed by atoms with E-state index in [9.17, 15) is 0 Å². The summed E-state index contributed by atoms with van der Waals surface area (Å²) in [6.07, 6.45) is 9.53. The van der Waals surface area contributed by atoms with Gasteiger partial charge in [0.05, 0.1) is 6.33 Å². The number of aryl methyl sites for hydroxylation is 1. The fraction of sp³-hybridized carbons (Fsp3) is 0.812. The van der Waals surface area contributed by atoms with Crippen molar-refractivity contribution in [1.82, 2.24) is 19.8 Å². The van der Waals surface area contributed by atoms with Crippen LogP contribution in [0.25, 0.3) is 0 Å². The molecule has 2 rings (SSSR count). The Balaban J connectivity index is 1.85. The molecule has 0 bridgehead atoms. The molecule has 20 heavy (non-hydrogen) atoms. The zero-order chi connectivity index (χ0) is 14.4. The van der Waals surface area contributed by atoms with Gasteiger partial charge in [-0.05, 0) is 18.8 Å². The lowest BCUT2D eigenvalue weighted by Gasteiger charge is -2.43. The monoisotopic (exact) mass is 278 g/mol. The second-order valence-electron chi connectivity index (χ2n) is 6.12. The van der Waals surface area contributed by atoms with Crippen molar-refractivity contribution in [2.24, 2.45) is 5.92 Å². The quantitative estimate of drug-likeness (QED) is 0.831. The first-order valence-corrected chi connectivity index (χ1v) is 8.17. The summed E-state index contributed by atoms with van der Waals surface area (Å²) < 4.78 is 2.18. The molecule has 0 saturated carbocycles. The van der Waals surface area contributed by atoms with Gasteiger partial charge in [0.2, 0.25) is 0 Å². The summed E-state index contributed by atoms with van der Waals surface area (Å²) in [5.41, 5.74) is 0. The minimum atomic E-state index is 0.670. The van der Waals surface area contributed by atoms with E-state index < -0.39 is 0 Å². The maximum absolute atomic E-state index is 4.11. The van der Waals surface area contributed by atoms with Crippen molar-refractivity contribution >= 4 is 0 Å². The second kappa shape index (κ2) is 7.79. The number of hydrogen-bond donors (Lipinski definition) is 1. The Labute approximate surface area is 123 Å². The molecule has 1 aromatic heterocycles. The average molecular weight is 278 g/mol. The minimum Gasteiger partial charge on any atom is -0.337 e. The lowest BCUT2D eigenvalue weighted by atomic mass is 9.94. The van der Waals surface area contributed by atoms with Gasteiger partial charge in [-0.1, -0.05) is 27.2 Å². The molecule has 0 amide bonds. The number of nitrogens with one attached hydrogen (secondary N) is 1. The number of hydrogen-bond acceptors (Lipinski definition) is 3. The SMILES string of the molecule is CCC1CN(CCCn2ccnc2)C(C(C)CC)CN1. The molecule has 1 aromatic rings. The highest BCUT2D eigenvalue weighted by Gasteiger charge is 2.29. The van der Waals surface area contributed by atoms with E-state index >= 15 is 0 Å². The van der Waals surface area contributed by atoms with Crippen LogP contribution in [-0.4, -0.2) is 46.2 Å². The van der Waals surface area contributed by atoms with E-state index in [1.54, 1.807) is 0 Å². The summed E-state index contributed by atoms with van der Waals surface area (Å²) in [6.45, 7) is 11.6. The Kier molecular flexibility index (Phi) is 6.05. The lowest BCUT2D eigenvalue weighted by Crippen LogP contribution is -2.58. The van der Waals surface area contributed by atoms with Crippen LogP contribution in [0.3, 0.4) is 0 Å². The molecule has 114 valence electrons. The van der Waals surface area contributed by atoms with Crippen LogP contribution in [0.4, 0.5) is 0 Å². The van der Waals surface area contributed by atoms with Gasteiger partial charge >= 0.3 is 0 Å². The molecule has 3 atom stereocenters. The highest BCUT2D eigenvalue weighted by molar-refractivity contribution is 4.88. The van der Waals surface area contributed by atoms with Gasteiger partial charge in [0, 0.05) is 50.7 Å². The first kappa shape index (κ1) is 15.5. The molecule has 0 aromatic carbocycles. The molecule has 1 aliphatic rings. The Morgan fingerprint density at radius 2 is 2.20 bits per heavy atom. The largest absolute Gasteiger partial charge is 0.337 e. The standard InChI is InChI=1S/C16H30N4/c1-4-14(3)16-11-18-15(5-2)12-20(16)9-6-8-19-10-7-17-13-19/h7,10,13-16,18H,4-6,8-9,11-12H2,1-3H3. The molecule has 2 heterocycles. The molecular formula is C16H30N4. The maximum atomic E-state index is 4.11. The molecule has 1 N–H and O–H groups in total. The number of nitrogens with zero attached hydrogens (tertiary/aromatic N) is 3. The van der Waals surface area contributed by atoms with Gasteiger partial charge in [-0.2, -0.15) is 0 Å². The highest BCUT2D eigenvalue weighted by Crippen LogP contribution is 2.19. The predicted molar refractivity (Wildman–Crippen MR) is 83.7 cm³/mol. The zero-order valence-corrected chi connectivity index (χ0v) is 13.3. The van der Waals surface area contributed by atoms with Crippen LogP contribution in [0.2, 0.25) is 0 Å². The fourth-order valence-electron chi connectivity index (χ4n) is 3.14. The number of aromatic nitrogens is 2. The van der Waals surface area contributed by atoms with Crippen molar-refractivity contribution in [1.29, 1.82) is 0 Å². The van der Waals surface area contributed by atoms with Gasteiger partial charge in [0.15, 0.2) is 0 Å². The van der Waals surface area contributed by atoms with Crippen molar-refractivity contribution in [2.75, 3.05) is 19.6 Å². The van der Waals surface area contributed by atoms with E-state index in [1.807, 2.05) is 12.5 Å². The smallest absolute Gasteiger partial charge is 0.0945 e. The highest BCUT2D eigenvalue weighted by atomic mass is 15.2. The lowest BCUT2D eigenvalue weighted by molar-refractivity contribution is 0.0879. The van der Waals surface area contributed by atoms with Crippen molar-refractivity contribution in [3.8, 4) is 0 Å². The van der Waals surface area contributed by atoms with Gasteiger partial charge < -0.3 is 9.88 Å². The fourth-order valence-corrected chi connectivity index (χ4v) is 3.14. The molecule has 3 unspecified atom stereocenters. The number of imidazole rings is 1. The third kappa shape index (κ3) is 4.06. The molecule has 1 fully saturated rings. The molecule has 0 spiro atoms. The molecule has 4 nitrogen and oxygen atoms in total. The summed E-state index contributed by atoms with van der Waals surface area (Å²) in [5.74, 6) is 0.772. The van der Waals surface area contributed by atoms with Gasteiger partial charge in [-0.3, -0.25) is 4.90 Å². The van der Waals surface area contributed by atoms with Crippen molar-refractivity contribution in [3.63, 3.8) is 0 Å². The van der Waals surface area contributed by atoms with Gasteiger partial charge in [-0.25, -0.2) is 4.98 Å². The molecule has 0 aliphatic carbocycles. The number of piperazine rings is 1. The third-order valence-electron chi connectivity index (χ3n) is 4.75.